The van der Waals surface area contributed by atoms with E-state index in [9.17, 15) is 9.59 Å². The van der Waals surface area contributed by atoms with E-state index in [0.29, 0.717) is 31.0 Å². The molecule has 6 nitrogen and oxygen atoms in total. The van der Waals surface area contributed by atoms with Gasteiger partial charge in [-0.05, 0) is 44.2 Å². The van der Waals surface area contributed by atoms with Crippen LogP contribution in [0.2, 0.25) is 0 Å². The average molecular weight is 352 g/mol. The fourth-order valence-corrected chi connectivity index (χ4v) is 3.10. The zero-order chi connectivity index (χ0) is 17.5. The smallest absolute Gasteiger partial charge is 0.409 e. The lowest BCUT2D eigenvalue weighted by molar-refractivity contribution is 0.0858. The van der Waals surface area contributed by atoms with E-state index in [4.69, 9.17) is 9.47 Å². The van der Waals surface area contributed by atoms with E-state index in [-0.39, 0.29) is 18.0 Å². The molecule has 1 aliphatic rings. The van der Waals surface area contributed by atoms with Gasteiger partial charge in [0.05, 0.1) is 19.3 Å². The number of thioether (sulfide) groups is 1. The predicted molar refractivity (Wildman–Crippen MR) is 93.9 cm³/mol. The molecule has 2 rings (SSSR count). The van der Waals surface area contributed by atoms with Gasteiger partial charge in [-0.15, -0.1) is 11.8 Å². The molecule has 24 heavy (non-hydrogen) atoms. The van der Waals surface area contributed by atoms with Crippen molar-refractivity contribution in [2.45, 2.75) is 30.7 Å². The Balaban J connectivity index is 1.93. The average Bonchev–Trinajstić information content (AvgIpc) is 2.61. The van der Waals surface area contributed by atoms with Gasteiger partial charge in [0.2, 0.25) is 0 Å². The molecule has 1 aromatic rings. The Kier molecular flexibility index (Phi) is 6.78. The number of ether oxygens (including phenoxy) is 2. The lowest BCUT2D eigenvalue weighted by Gasteiger charge is -2.31. The zero-order valence-corrected chi connectivity index (χ0v) is 15.1. The first-order valence-corrected chi connectivity index (χ1v) is 9.26. The van der Waals surface area contributed by atoms with Gasteiger partial charge in [-0.3, -0.25) is 4.79 Å². The molecule has 0 radical (unpaired) electrons. The number of likely N-dealkylation sites (tertiary alicyclic amines) is 1. The Labute approximate surface area is 146 Å². The third-order valence-electron chi connectivity index (χ3n) is 4.01. The first-order chi connectivity index (χ1) is 11.6. The zero-order valence-electron chi connectivity index (χ0n) is 14.3. The summed E-state index contributed by atoms with van der Waals surface area (Å²) < 4.78 is 10.3. The maximum Gasteiger partial charge on any atom is 0.409 e. The quantitative estimate of drug-likeness (QED) is 0.826. The summed E-state index contributed by atoms with van der Waals surface area (Å²) in [5.41, 5.74) is 0.531. The minimum atomic E-state index is -0.281. The summed E-state index contributed by atoms with van der Waals surface area (Å²) in [6.45, 7) is 3.35. The third kappa shape index (κ3) is 4.56. The Morgan fingerprint density at radius 1 is 1.33 bits per heavy atom. The van der Waals surface area contributed by atoms with Crippen LogP contribution in [0.1, 0.15) is 30.1 Å². The molecule has 1 saturated heterocycles. The molecule has 0 saturated carbocycles. The van der Waals surface area contributed by atoms with Crippen molar-refractivity contribution in [3.05, 3.63) is 23.8 Å². The second kappa shape index (κ2) is 8.82. The highest BCUT2D eigenvalue weighted by Gasteiger charge is 2.25. The lowest BCUT2D eigenvalue weighted by Crippen LogP contribution is -2.46. The fourth-order valence-electron chi connectivity index (χ4n) is 2.67. The van der Waals surface area contributed by atoms with E-state index < -0.39 is 0 Å². The molecular formula is C17H24N2O4S. The van der Waals surface area contributed by atoms with Gasteiger partial charge in [-0.25, -0.2) is 4.79 Å². The van der Waals surface area contributed by atoms with E-state index in [1.165, 1.54) is 0 Å². The summed E-state index contributed by atoms with van der Waals surface area (Å²) >= 11 is 1.60. The van der Waals surface area contributed by atoms with Gasteiger partial charge in [-0.1, -0.05) is 0 Å². The third-order valence-corrected chi connectivity index (χ3v) is 4.73. The van der Waals surface area contributed by atoms with Gasteiger partial charge < -0.3 is 19.7 Å². The van der Waals surface area contributed by atoms with E-state index >= 15 is 0 Å². The minimum Gasteiger partial charge on any atom is -0.496 e. The van der Waals surface area contributed by atoms with Crippen LogP contribution >= 0.6 is 11.8 Å². The van der Waals surface area contributed by atoms with Crippen LogP contribution < -0.4 is 10.1 Å². The van der Waals surface area contributed by atoms with Crippen LogP contribution in [0, 0.1) is 0 Å². The molecule has 2 amide bonds. The summed E-state index contributed by atoms with van der Waals surface area (Å²) in [4.78, 5) is 26.9. The van der Waals surface area contributed by atoms with Crippen LogP contribution in [0.5, 0.6) is 5.75 Å². The van der Waals surface area contributed by atoms with Gasteiger partial charge in [0.15, 0.2) is 0 Å². The number of methoxy groups -OCH3 is 1. The Hall–Kier alpha value is -1.89. The Bertz CT molecular complexity index is 586. The van der Waals surface area contributed by atoms with Crippen molar-refractivity contribution in [2.24, 2.45) is 0 Å². The Morgan fingerprint density at radius 3 is 2.62 bits per heavy atom. The molecule has 1 aliphatic heterocycles. The normalized spacial score (nSPS) is 15.0. The number of carbonyl (C=O) groups excluding carboxylic acids is 2. The first kappa shape index (κ1) is 18.4. The highest BCUT2D eigenvalue weighted by Crippen LogP contribution is 2.25. The molecule has 0 spiro atoms. The standard InChI is InChI=1S/C17H24N2O4S/c1-4-23-17(21)19-9-7-12(8-10-19)18-16(20)14-6-5-13(24-3)11-15(14)22-2/h5-6,11-12H,4,7-10H2,1-3H3,(H,18,20). The van der Waals surface area contributed by atoms with Crippen LogP contribution in [0.15, 0.2) is 23.1 Å². The number of hydrogen-bond donors (Lipinski definition) is 1. The second-order valence-electron chi connectivity index (χ2n) is 5.50. The van der Waals surface area contributed by atoms with Crippen LogP contribution in [0.4, 0.5) is 4.79 Å². The fraction of sp³-hybridized carbons (Fsp3) is 0.529. The maximum atomic E-state index is 12.5. The number of benzene rings is 1. The molecule has 0 atom stereocenters. The van der Waals surface area contributed by atoms with E-state index in [0.717, 1.165) is 17.7 Å². The largest absolute Gasteiger partial charge is 0.496 e. The lowest BCUT2D eigenvalue weighted by atomic mass is 10.0. The van der Waals surface area contributed by atoms with Gasteiger partial charge in [0, 0.05) is 24.0 Å². The van der Waals surface area contributed by atoms with Crippen molar-refractivity contribution in [1.29, 1.82) is 0 Å². The number of amides is 2. The molecule has 1 aromatic carbocycles. The molecule has 1 heterocycles. The molecule has 1 fully saturated rings. The topological polar surface area (TPSA) is 67.9 Å². The van der Waals surface area contributed by atoms with Crippen LogP contribution in [-0.4, -0.2) is 56.0 Å². The van der Waals surface area contributed by atoms with Gasteiger partial charge in [-0.2, -0.15) is 0 Å². The van der Waals surface area contributed by atoms with Gasteiger partial charge in [0.25, 0.3) is 5.91 Å². The molecular weight excluding hydrogens is 328 g/mol. The number of hydrogen-bond acceptors (Lipinski definition) is 5. The first-order valence-electron chi connectivity index (χ1n) is 8.03. The van der Waals surface area contributed by atoms with Crippen molar-refractivity contribution in [1.82, 2.24) is 10.2 Å². The number of piperidine rings is 1. The molecule has 0 aromatic heterocycles. The molecule has 1 N–H and O–H groups in total. The number of carbonyl (C=O) groups is 2. The summed E-state index contributed by atoms with van der Waals surface area (Å²) in [5, 5.41) is 3.03. The summed E-state index contributed by atoms with van der Waals surface area (Å²) in [6, 6.07) is 5.61. The number of nitrogens with zero attached hydrogens (tertiary/aromatic N) is 1. The molecule has 0 unspecified atom stereocenters. The maximum absolute atomic E-state index is 12.5. The number of nitrogens with one attached hydrogen (secondary N) is 1. The van der Waals surface area contributed by atoms with Crippen LogP contribution in [-0.2, 0) is 4.74 Å². The highest BCUT2D eigenvalue weighted by atomic mass is 32.2. The molecule has 0 aliphatic carbocycles. The van der Waals surface area contributed by atoms with Crippen molar-refractivity contribution in [3.8, 4) is 5.75 Å². The van der Waals surface area contributed by atoms with Gasteiger partial charge >= 0.3 is 6.09 Å². The predicted octanol–water partition coefficient (Wildman–Crippen LogP) is 2.77. The van der Waals surface area contributed by atoms with Crippen molar-refractivity contribution in [2.75, 3.05) is 33.1 Å². The molecule has 7 heteroatoms. The second-order valence-corrected chi connectivity index (χ2v) is 6.38. The van der Waals surface area contributed by atoms with Crippen molar-refractivity contribution >= 4 is 23.8 Å². The molecule has 132 valence electrons. The van der Waals surface area contributed by atoms with Crippen LogP contribution in [0.25, 0.3) is 0 Å². The van der Waals surface area contributed by atoms with E-state index in [2.05, 4.69) is 5.32 Å². The van der Waals surface area contributed by atoms with E-state index in [1.54, 1.807) is 36.8 Å². The van der Waals surface area contributed by atoms with Crippen LogP contribution in [0.3, 0.4) is 0 Å². The summed E-state index contributed by atoms with van der Waals surface area (Å²) in [6.07, 6.45) is 3.13. The SMILES string of the molecule is CCOC(=O)N1CCC(NC(=O)c2ccc(SC)cc2OC)CC1. The van der Waals surface area contributed by atoms with Crippen molar-refractivity contribution in [3.63, 3.8) is 0 Å². The van der Waals surface area contributed by atoms with Gasteiger partial charge in [0.1, 0.15) is 5.75 Å². The number of rotatable bonds is 5. The van der Waals surface area contributed by atoms with Crippen molar-refractivity contribution < 1.29 is 19.1 Å². The molecule has 0 bridgehead atoms. The minimum absolute atomic E-state index is 0.0492. The highest BCUT2D eigenvalue weighted by molar-refractivity contribution is 7.98. The van der Waals surface area contributed by atoms with E-state index in [1.807, 2.05) is 18.4 Å². The summed E-state index contributed by atoms with van der Waals surface area (Å²) in [7, 11) is 1.56. The summed E-state index contributed by atoms with van der Waals surface area (Å²) in [5.74, 6) is 0.428. The Morgan fingerprint density at radius 2 is 2.04 bits per heavy atom. The monoisotopic (exact) mass is 352 g/mol.